The third-order valence-corrected chi connectivity index (χ3v) is 2.02. The van der Waals surface area contributed by atoms with Crippen LogP contribution < -0.4 is 4.72 Å². The lowest BCUT2D eigenvalue weighted by atomic mass is 11.6. The second-order valence-corrected chi connectivity index (χ2v) is 5.54. The van der Waals surface area contributed by atoms with Crippen molar-refractivity contribution in [1.29, 1.82) is 0 Å². The van der Waals surface area contributed by atoms with E-state index in [2.05, 4.69) is 8.91 Å². The zero-order valence-corrected chi connectivity index (χ0v) is 8.99. The van der Waals surface area contributed by atoms with Crippen molar-refractivity contribution in [2.24, 2.45) is 0 Å². The Morgan fingerprint density at radius 2 is 1.33 bits per heavy atom. The van der Waals surface area contributed by atoms with E-state index in [0.29, 0.717) is 0 Å². The van der Waals surface area contributed by atoms with Crippen LogP contribution in [0.5, 0.6) is 0 Å². The molecule has 12 heavy (non-hydrogen) atoms. The summed E-state index contributed by atoms with van der Waals surface area (Å²) in [6, 6.07) is 0. The van der Waals surface area contributed by atoms with Gasteiger partial charge in [0.05, 0.1) is 19.6 Å². The standard InChI is InChI=1S/C2H7NO2S.C2H6O3S.H2/c1-3-6(2,4)5;1-5-6(2,3)4;/h3H,1-2H3;1-2H3;1H. The normalized spacial score (nSPS) is 11.7. The van der Waals surface area contributed by atoms with Crippen LogP contribution in [-0.4, -0.2) is 43.5 Å². The van der Waals surface area contributed by atoms with Gasteiger partial charge in [-0.25, -0.2) is 13.1 Å². The fourth-order valence-corrected chi connectivity index (χ4v) is 0. The Morgan fingerprint density at radius 1 is 1.17 bits per heavy atom. The molecule has 78 valence electrons. The van der Waals surface area contributed by atoms with E-state index in [4.69, 9.17) is 0 Å². The maximum atomic E-state index is 9.89. The molecule has 1 N–H and O–H groups in total. The molecule has 0 spiro atoms. The highest BCUT2D eigenvalue weighted by molar-refractivity contribution is 7.88. The largest absolute Gasteiger partial charge is 0.274 e. The van der Waals surface area contributed by atoms with Crippen LogP contribution in [0.15, 0.2) is 0 Å². The number of rotatable bonds is 2. The average molecular weight is 221 g/mol. The summed E-state index contributed by atoms with van der Waals surface area (Å²) in [6.07, 6.45) is 2.10. The van der Waals surface area contributed by atoms with Crippen molar-refractivity contribution >= 4 is 20.1 Å². The Bertz CT molecular complexity index is 262. The highest BCUT2D eigenvalue weighted by Crippen LogP contribution is 1.75. The molecule has 0 aromatic heterocycles. The van der Waals surface area contributed by atoms with Gasteiger partial charge in [-0.1, -0.05) is 0 Å². The predicted octanol–water partition coefficient (Wildman–Crippen LogP) is -0.996. The highest BCUT2D eigenvalue weighted by Gasteiger charge is 1.90. The monoisotopic (exact) mass is 221 g/mol. The third-order valence-electron chi connectivity index (χ3n) is 0.674. The first-order chi connectivity index (χ1) is 5.12. The minimum atomic E-state index is -3.16. The minimum Gasteiger partial charge on any atom is -0.274 e. The lowest BCUT2D eigenvalue weighted by molar-refractivity contribution is 0.403. The SMILES string of the molecule is CNS(C)(=O)=O.COS(C)(=O)=O.[HH]. The molecule has 0 radical (unpaired) electrons. The van der Waals surface area contributed by atoms with Crippen molar-refractivity contribution in [2.45, 2.75) is 0 Å². The van der Waals surface area contributed by atoms with Crippen molar-refractivity contribution in [3.63, 3.8) is 0 Å². The van der Waals surface area contributed by atoms with E-state index in [0.717, 1.165) is 19.6 Å². The third kappa shape index (κ3) is 22.6. The van der Waals surface area contributed by atoms with E-state index in [9.17, 15) is 16.8 Å². The molecule has 0 aliphatic rings. The summed E-state index contributed by atoms with van der Waals surface area (Å²) in [5.74, 6) is 0. The smallest absolute Gasteiger partial charge is 0.264 e. The van der Waals surface area contributed by atoms with Gasteiger partial charge in [-0.05, 0) is 7.05 Å². The maximum Gasteiger partial charge on any atom is 0.264 e. The van der Waals surface area contributed by atoms with Crippen molar-refractivity contribution in [1.82, 2.24) is 4.72 Å². The van der Waals surface area contributed by atoms with E-state index >= 15 is 0 Å². The number of hydrogen-bond donors (Lipinski definition) is 1. The predicted molar refractivity (Wildman–Crippen MR) is 47.9 cm³/mol. The fraction of sp³-hybridized carbons (Fsp3) is 1.00. The summed E-state index contributed by atoms with van der Waals surface area (Å²) >= 11 is 0. The van der Waals surface area contributed by atoms with Gasteiger partial charge in [0.2, 0.25) is 10.0 Å². The summed E-state index contributed by atoms with van der Waals surface area (Å²) in [5.41, 5.74) is 0. The Morgan fingerprint density at radius 3 is 1.33 bits per heavy atom. The van der Waals surface area contributed by atoms with Crippen LogP contribution in [0.1, 0.15) is 1.43 Å². The fourth-order valence-electron chi connectivity index (χ4n) is 0. The summed E-state index contributed by atoms with van der Waals surface area (Å²) in [7, 11) is -3.58. The molecule has 0 aliphatic carbocycles. The summed E-state index contributed by atoms with van der Waals surface area (Å²) < 4.78 is 45.3. The van der Waals surface area contributed by atoms with Gasteiger partial charge in [-0.2, -0.15) is 8.42 Å². The van der Waals surface area contributed by atoms with E-state index < -0.39 is 20.1 Å². The van der Waals surface area contributed by atoms with Crippen LogP contribution >= 0.6 is 0 Å². The van der Waals surface area contributed by atoms with E-state index in [-0.39, 0.29) is 1.43 Å². The van der Waals surface area contributed by atoms with E-state index in [1.54, 1.807) is 0 Å². The van der Waals surface area contributed by atoms with Gasteiger partial charge in [0.1, 0.15) is 0 Å². The second kappa shape index (κ2) is 5.46. The lowest BCUT2D eigenvalue weighted by Gasteiger charge is -1.85. The van der Waals surface area contributed by atoms with Gasteiger partial charge in [0.15, 0.2) is 0 Å². The number of sulfonamides is 1. The molecule has 6 nitrogen and oxygen atoms in total. The highest BCUT2D eigenvalue weighted by atomic mass is 32.2. The average Bonchev–Trinajstić information content (AvgIpc) is 1.86. The molecule has 0 heterocycles. The van der Waals surface area contributed by atoms with Gasteiger partial charge < -0.3 is 0 Å². The maximum absolute atomic E-state index is 9.89. The van der Waals surface area contributed by atoms with Gasteiger partial charge in [0.25, 0.3) is 10.1 Å². The molecule has 0 aromatic rings. The Hall–Kier alpha value is -0.180. The zero-order valence-electron chi connectivity index (χ0n) is 7.36. The Labute approximate surface area is 74.6 Å². The topological polar surface area (TPSA) is 89.5 Å². The molecular weight excluding hydrogens is 206 g/mol. The first-order valence-corrected chi connectivity index (χ1v) is 6.47. The molecule has 0 aliphatic heterocycles. The Kier molecular flexibility index (Phi) is 6.53. The van der Waals surface area contributed by atoms with Crippen LogP contribution in [0.3, 0.4) is 0 Å². The molecule has 0 aromatic carbocycles. The van der Waals surface area contributed by atoms with Crippen molar-refractivity contribution in [2.75, 3.05) is 26.7 Å². The molecular formula is C4H15NO5S2. The van der Waals surface area contributed by atoms with Crippen LogP contribution in [-0.2, 0) is 24.3 Å². The number of nitrogens with one attached hydrogen (secondary N) is 1. The first kappa shape index (κ1) is 14.3. The van der Waals surface area contributed by atoms with Gasteiger partial charge in [0, 0.05) is 1.43 Å². The zero-order chi connectivity index (χ0) is 10.4. The Balaban J connectivity index is -0.000000143. The molecule has 0 rings (SSSR count). The molecule has 0 saturated carbocycles. The van der Waals surface area contributed by atoms with Gasteiger partial charge >= 0.3 is 0 Å². The second-order valence-electron chi connectivity index (χ2n) is 1.85. The lowest BCUT2D eigenvalue weighted by Crippen LogP contribution is -2.15. The van der Waals surface area contributed by atoms with Crippen LogP contribution in [0.2, 0.25) is 0 Å². The van der Waals surface area contributed by atoms with Gasteiger partial charge in [-0.3, -0.25) is 4.18 Å². The van der Waals surface area contributed by atoms with Gasteiger partial charge in [-0.15, -0.1) is 0 Å². The molecule has 0 amide bonds. The molecule has 0 atom stereocenters. The molecule has 0 saturated heterocycles. The minimum absolute atomic E-state index is 0. The van der Waals surface area contributed by atoms with Crippen molar-refractivity contribution in [3.8, 4) is 0 Å². The van der Waals surface area contributed by atoms with E-state index in [1.807, 2.05) is 0 Å². The summed E-state index contributed by atoms with van der Waals surface area (Å²) in [6.45, 7) is 0. The van der Waals surface area contributed by atoms with Crippen LogP contribution in [0, 0.1) is 0 Å². The molecule has 0 fully saturated rings. The quantitative estimate of drug-likeness (QED) is 0.604. The molecule has 0 unspecified atom stereocenters. The summed E-state index contributed by atoms with van der Waals surface area (Å²) in [4.78, 5) is 0. The van der Waals surface area contributed by atoms with E-state index in [1.165, 1.54) is 7.05 Å². The van der Waals surface area contributed by atoms with Crippen molar-refractivity contribution in [3.05, 3.63) is 0 Å². The molecule has 8 heteroatoms. The van der Waals surface area contributed by atoms with Crippen LogP contribution in [0.25, 0.3) is 0 Å². The van der Waals surface area contributed by atoms with Crippen molar-refractivity contribution < 1.29 is 22.4 Å². The summed E-state index contributed by atoms with van der Waals surface area (Å²) in [5, 5.41) is 0. The molecule has 0 bridgehead atoms. The number of hydrogen-bond acceptors (Lipinski definition) is 5. The first-order valence-electron chi connectivity index (χ1n) is 2.76. The van der Waals surface area contributed by atoms with Crippen LogP contribution in [0.4, 0.5) is 0 Å².